The molecule has 0 spiro atoms. The summed E-state index contributed by atoms with van der Waals surface area (Å²) in [4.78, 5) is 4.11. The van der Waals surface area contributed by atoms with Crippen LogP contribution in [0.5, 0.6) is 5.88 Å². The second-order valence-corrected chi connectivity index (χ2v) is 5.98. The van der Waals surface area contributed by atoms with Crippen LogP contribution in [0.3, 0.4) is 0 Å². The molecule has 0 aliphatic heterocycles. The van der Waals surface area contributed by atoms with Gasteiger partial charge in [-0.2, -0.15) is 0 Å². The van der Waals surface area contributed by atoms with Gasteiger partial charge < -0.3 is 4.74 Å². The quantitative estimate of drug-likeness (QED) is 0.789. The smallest absolute Gasteiger partial charge is 0.233 e. The van der Waals surface area contributed by atoms with Crippen molar-refractivity contribution in [1.29, 1.82) is 0 Å². The number of halogens is 4. The monoisotopic (exact) mass is 325 g/mol. The average Bonchev–Trinajstić information content (AvgIpc) is 2.73. The SMILES string of the molecule is COc1cc(C(Cl)(Cl)Cl)n(-c2ncccc2Cl)n1. The third-order valence-electron chi connectivity index (χ3n) is 2.13. The molecule has 0 radical (unpaired) electrons. The molecule has 0 aliphatic rings. The number of ether oxygens (including phenoxy) is 1. The number of pyridine rings is 1. The van der Waals surface area contributed by atoms with Gasteiger partial charge in [-0.1, -0.05) is 46.4 Å². The maximum absolute atomic E-state index is 6.04. The summed E-state index contributed by atoms with van der Waals surface area (Å²) >= 11 is 23.7. The minimum absolute atomic E-state index is 0.296. The summed E-state index contributed by atoms with van der Waals surface area (Å²) in [7, 11) is 1.47. The Kier molecular flexibility index (Phi) is 3.92. The lowest BCUT2D eigenvalue weighted by molar-refractivity contribution is 0.394. The minimum atomic E-state index is -1.66. The van der Waals surface area contributed by atoms with Gasteiger partial charge in [0, 0.05) is 12.3 Å². The third kappa shape index (κ3) is 2.67. The van der Waals surface area contributed by atoms with Crippen LogP contribution in [0, 0.1) is 0 Å². The number of methoxy groups -OCH3 is 1. The largest absolute Gasteiger partial charge is 0.480 e. The van der Waals surface area contributed by atoms with E-state index in [0.717, 1.165) is 0 Å². The highest BCUT2D eigenvalue weighted by Crippen LogP contribution is 2.40. The number of aromatic nitrogens is 3. The fraction of sp³-hybridized carbons (Fsp3) is 0.200. The van der Waals surface area contributed by atoms with E-state index in [2.05, 4.69) is 10.1 Å². The van der Waals surface area contributed by atoms with Crippen molar-refractivity contribution < 1.29 is 4.74 Å². The highest BCUT2D eigenvalue weighted by Gasteiger charge is 2.30. The highest BCUT2D eigenvalue weighted by molar-refractivity contribution is 6.66. The third-order valence-corrected chi connectivity index (χ3v) is 3.00. The van der Waals surface area contributed by atoms with Gasteiger partial charge >= 0.3 is 0 Å². The lowest BCUT2D eigenvalue weighted by Gasteiger charge is -2.13. The van der Waals surface area contributed by atoms with Crippen molar-refractivity contribution in [1.82, 2.24) is 14.8 Å². The van der Waals surface area contributed by atoms with Gasteiger partial charge in [0.25, 0.3) is 0 Å². The molecule has 0 fully saturated rings. The van der Waals surface area contributed by atoms with E-state index < -0.39 is 3.79 Å². The van der Waals surface area contributed by atoms with Gasteiger partial charge in [-0.15, -0.1) is 5.10 Å². The van der Waals surface area contributed by atoms with E-state index in [0.29, 0.717) is 22.4 Å². The second-order valence-electron chi connectivity index (χ2n) is 3.29. The van der Waals surface area contributed by atoms with Crippen molar-refractivity contribution in [2.45, 2.75) is 3.79 Å². The Balaban J connectivity index is 2.64. The van der Waals surface area contributed by atoms with Crippen molar-refractivity contribution >= 4 is 46.4 Å². The Hall–Kier alpha value is -0.680. The molecular weight excluding hydrogens is 320 g/mol. The number of hydrogen-bond donors (Lipinski definition) is 0. The summed E-state index contributed by atoms with van der Waals surface area (Å²) in [5.74, 6) is 0.668. The first-order valence-electron chi connectivity index (χ1n) is 4.75. The van der Waals surface area contributed by atoms with E-state index in [1.165, 1.54) is 17.9 Å². The summed E-state index contributed by atoms with van der Waals surface area (Å²) in [6.07, 6.45) is 1.57. The van der Waals surface area contributed by atoms with Gasteiger partial charge in [-0.25, -0.2) is 9.67 Å². The topological polar surface area (TPSA) is 39.9 Å². The molecule has 0 amide bonds. The molecule has 4 nitrogen and oxygen atoms in total. The Morgan fingerprint density at radius 3 is 2.61 bits per heavy atom. The molecule has 2 aromatic heterocycles. The van der Waals surface area contributed by atoms with Crippen LogP contribution in [-0.2, 0) is 3.79 Å². The molecule has 2 heterocycles. The molecule has 0 aliphatic carbocycles. The standard InChI is InChI=1S/C10H7Cl4N3O/c1-18-8-5-7(10(12,13)14)17(16-8)9-6(11)3-2-4-15-9/h2-5H,1H3. The molecule has 0 saturated heterocycles. The van der Waals surface area contributed by atoms with Gasteiger partial charge in [0.15, 0.2) is 5.82 Å². The summed E-state index contributed by atoms with van der Waals surface area (Å²) in [5.41, 5.74) is 0.296. The second kappa shape index (κ2) is 5.13. The van der Waals surface area contributed by atoms with Crippen LogP contribution in [0.2, 0.25) is 5.02 Å². The first-order valence-corrected chi connectivity index (χ1v) is 6.27. The zero-order valence-corrected chi connectivity index (χ0v) is 12.1. The number of rotatable bonds is 2. The summed E-state index contributed by atoms with van der Waals surface area (Å²) in [6, 6.07) is 4.87. The van der Waals surface area contributed by atoms with Crippen molar-refractivity contribution in [3.63, 3.8) is 0 Å². The predicted molar refractivity (Wildman–Crippen MR) is 72.2 cm³/mol. The zero-order valence-electron chi connectivity index (χ0n) is 9.07. The summed E-state index contributed by atoms with van der Waals surface area (Å²) in [5, 5.41) is 4.51. The van der Waals surface area contributed by atoms with E-state index in [4.69, 9.17) is 51.1 Å². The van der Waals surface area contributed by atoms with Gasteiger partial charge in [-0.05, 0) is 12.1 Å². The minimum Gasteiger partial charge on any atom is -0.480 e. The molecule has 2 aromatic rings. The summed E-state index contributed by atoms with van der Waals surface area (Å²) in [6.45, 7) is 0. The normalized spacial score (nSPS) is 11.6. The van der Waals surface area contributed by atoms with Gasteiger partial charge in [0.2, 0.25) is 9.67 Å². The molecular formula is C10H7Cl4N3O. The van der Waals surface area contributed by atoms with E-state index in [1.54, 1.807) is 18.3 Å². The lowest BCUT2D eigenvalue weighted by atomic mass is 10.4. The first kappa shape index (κ1) is 13.7. The molecule has 0 bridgehead atoms. The van der Waals surface area contributed by atoms with Gasteiger partial charge in [0.1, 0.15) is 5.69 Å². The molecule has 18 heavy (non-hydrogen) atoms. The molecule has 2 rings (SSSR count). The van der Waals surface area contributed by atoms with Crippen molar-refractivity contribution in [2.24, 2.45) is 0 Å². The molecule has 0 atom stereocenters. The van der Waals surface area contributed by atoms with Crippen molar-refractivity contribution in [3.05, 3.63) is 35.1 Å². The van der Waals surface area contributed by atoms with Gasteiger partial charge in [-0.3, -0.25) is 0 Å². The molecule has 0 N–H and O–H groups in total. The van der Waals surface area contributed by atoms with E-state index >= 15 is 0 Å². The van der Waals surface area contributed by atoms with Gasteiger partial charge in [0.05, 0.1) is 12.1 Å². The van der Waals surface area contributed by atoms with E-state index in [9.17, 15) is 0 Å². The zero-order chi connectivity index (χ0) is 13.3. The predicted octanol–water partition coefficient (Wildman–Crippen LogP) is 3.76. The number of alkyl halides is 3. The van der Waals surface area contributed by atoms with Crippen LogP contribution in [0.15, 0.2) is 24.4 Å². The average molecular weight is 327 g/mol. The number of nitrogens with zero attached hydrogens (tertiary/aromatic N) is 3. The maximum Gasteiger partial charge on any atom is 0.233 e. The van der Waals surface area contributed by atoms with Crippen LogP contribution in [0.4, 0.5) is 0 Å². The molecule has 8 heteroatoms. The van der Waals surface area contributed by atoms with Crippen molar-refractivity contribution in [3.8, 4) is 11.7 Å². The molecule has 0 unspecified atom stereocenters. The highest BCUT2D eigenvalue weighted by atomic mass is 35.6. The van der Waals surface area contributed by atoms with Crippen LogP contribution < -0.4 is 4.74 Å². The fourth-order valence-corrected chi connectivity index (χ4v) is 1.96. The van der Waals surface area contributed by atoms with E-state index in [1.807, 2.05) is 0 Å². The molecule has 0 aromatic carbocycles. The molecule has 96 valence electrons. The van der Waals surface area contributed by atoms with Crippen LogP contribution >= 0.6 is 46.4 Å². The maximum atomic E-state index is 6.04. The van der Waals surface area contributed by atoms with Crippen molar-refractivity contribution in [2.75, 3.05) is 7.11 Å². The summed E-state index contributed by atoms with van der Waals surface area (Å²) < 4.78 is 4.69. The molecule has 0 saturated carbocycles. The van der Waals surface area contributed by atoms with Crippen LogP contribution in [0.25, 0.3) is 5.82 Å². The Bertz CT molecular complexity index is 564. The Morgan fingerprint density at radius 1 is 1.33 bits per heavy atom. The van der Waals surface area contributed by atoms with Crippen LogP contribution in [0.1, 0.15) is 5.69 Å². The van der Waals surface area contributed by atoms with E-state index in [-0.39, 0.29) is 0 Å². The number of hydrogen-bond acceptors (Lipinski definition) is 3. The Labute approximate surface area is 123 Å². The Morgan fingerprint density at radius 2 is 2.06 bits per heavy atom. The first-order chi connectivity index (χ1) is 8.43. The van der Waals surface area contributed by atoms with Crippen LogP contribution in [-0.4, -0.2) is 21.9 Å². The fourth-order valence-electron chi connectivity index (χ4n) is 1.36. The lowest BCUT2D eigenvalue weighted by Crippen LogP contribution is -2.11.